The maximum Gasteiger partial charge on any atom is 0.417 e. The Morgan fingerprint density at radius 3 is 2.57 bits per heavy atom. The van der Waals surface area contributed by atoms with Crippen molar-refractivity contribution in [1.29, 1.82) is 0 Å². The summed E-state index contributed by atoms with van der Waals surface area (Å²) >= 11 is 1.09. The van der Waals surface area contributed by atoms with Gasteiger partial charge < -0.3 is 5.32 Å². The molecule has 2 rings (SSSR count). The molecule has 0 aliphatic carbocycles. The van der Waals surface area contributed by atoms with E-state index in [2.05, 4.69) is 10.3 Å². The number of nitrogens with zero attached hydrogens (tertiary/aromatic N) is 1. The van der Waals surface area contributed by atoms with E-state index in [9.17, 15) is 18.0 Å². The van der Waals surface area contributed by atoms with E-state index in [1.807, 2.05) is 32.0 Å². The smallest absolute Gasteiger partial charge is 0.325 e. The van der Waals surface area contributed by atoms with Gasteiger partial charge in [-0.3, -0.25) is 4.79 Å². The molecule has 3 nitrogen and oxygen atoms in total. The number of benzene rings is 1. The molecule has 0 spiro atoms. The van der Waals surface area contributed by atoms with Gasteiger partial charge in [0.05, 0.1) is 16.3 Å². The fourth-order valence-electron chi connectivity index (χ4n) is 1.83. The number of aryl methyl sites for hydroxylation is 2. The Morgan fingerprint density at radius 1 is 1.22 bits per heavy atom. The molecule has 0 unspecified atom stereocenters. The molecule has 2 aromatic rings. The summed E-state index contributed by atoms with van der Waals surface area (Å²) in [5.74, 6) is -0.156. The Kier molecular flexibility index (Phi) is 5.30. The zero-order valence-electron chi connectivity index (χ0n) is 12.6. The van der Waals surface area contributed by atoms with Crippen LogP contribution in [0, 0.1) is 13.8 Å². The standard InChI is InChI=1S/C16H15F3N2OS/c1-10-3-4-11(2)13(7-10)21-14(22)9-23-15-6-5-12(8-20-15)16(17,18)19/h3-8H,9H2,1-2H3,(H,21,22). The summed E-state index contributed by atoms with van der Waals surface area (Å²) in [6.45, 7) is 3.82. The van der Waals surface area contributed by atoms with Gasteiger partial charge in [0.1, 0.15) is 0 Å². The monoisotopic (exact) mass is 340 g/mol. The number of aromatic nitrogens is 1. The van der Waals surface area contributed by atoms with Gasteiger partial charge in [-0.1, -0.05) is 23.9 Å². The summed E-state index contributed by atoms with van der Waals surface area (Å²) in [5, 5.41) is 3.16. The maximum absolute atomic E-state index is 12.4. The Labute approximate surface area is 136 Å². The highest BCUT2D eigenvalue weighted by atomic mass is 32.2. The van der Waals surface area contributed by atoms with E-state index in [-0.39, 0.29) is 11.7 Å². The molecular formula is C16H15F3N2OS. The first-order chi connectivity index (χ1) is 10.8. The van der Waals surface area contributed by atoms with E-state index in [4.69, 9.17) is 0 Å². The summed E-state index contributed by atoms with van der Waals surface area (Å²) in [5.41, 5.74) is 1.90. The van der Waals surface area contributed by atoms with E-state index < -0.39 is 11.7 Å². The summed E-state index contributed by atoms with van der Waals surface area (Å²) in [6, 6.07) is 7.95. The molecule has 0 saturated carbocycles. The van der Waals surface area contributed by atoms with Crippen molar-refractivity contribution < 1.29 is 18.0 Å². The topological polar surface area (TPSA) is 42.0 Å². The fourth-order valence-corrected chi connectivity index (χ4v) is 2.47. The van der Waals surface area contributed by atoms with Gasteiger partial charge in [0.15, 0.2) is 0 Å². The largest absolute Gasteiger partial charge is 0.417 e. The summed E-state index contributed by atoms with van der Waals surface area (Å²) < 4.78 is 37.3. The molecule has 1 N–H and O–H groups in total. The predicted molar refractivity (Wildman–Crippen MR) is 84.5 cm³/mol. The number of carbonyl (C=O) groups excluding carboxylic acids is 1. The molecule has 0 atom stereocenters. The van der Waals surface area contributed by atoms with Crippen LogP contribution in [0.1, 0.15) is 16.7 Å². The van der Waals surface area contributed by atoms with Crippen LogP contribution < -0.4 is 5.32 Å². The lowest BCUT2D eigenvalue weighted by Crippen LogP contribution is -2.15. The van der Waals surface area contributed by atoms with Gasteiger partial charge in [-0.05, 0) is 43.2 Å². The zero-order chi connectivity index (χ0) is 17.0. The van der Waals surface area contributed by atoms with Crippen LogP contribution in [0.15, 0.2) is 41.6 Å². The number of thioether (sulfide) groups is 1. The van der Waals surface area contributed by atoms with Gasteiger partial charge >= 0.3 is 6.18 Å². The van der Waals surface area contributed by atoms with E-state index in [0.29, 0.717) is 5.03 Å². The molecule has 1 heterocycles. The second-order valence-corrected chi connectivity index (χ2v) is 6.03. The van der Waals surface area contributed by atoms with Crippen molar-refractivity contribution in [2.45, 2.75) is 25.0 Å². The number of alkyl halides is 3. The number of pyridine rings is 1. The second kappa shape index (κ2) is 7.04. The first kappa shape index (κ1) is 17.3. The van der Waals surface area contributed by atoms with Crippen LogP contribution in [-0.4, -0.2) is 16.6 Å². The first-order valence-corrected chi connectivity index (χ1v) is 7.77. The lowest BCUT2D eigenvalue weighted by molar-refractivity contribution is -0.137. The van der Waals surface area contributed by atoms with E-state index in [1.165, 1.54) is 6.07 Å². The third-order valence-electron chi connectivity index (χ3n) is 3.08. The van der Waals surface area contributed by atoms with Crippen LogP contribution in [0.2, 0.25) is 0 Å². The van der Waals surface area contributed by atoms with Crippen LogP contribution in [0.25, 0.3) is 0 Å². The number of nitrogens with one attached hydrogen (secondary N) is 1. The minimum absolute atomic E-state index is 0.0751. The molecule has 0 radical (unpaired) electrons. The van der Waals surface area contributed by atoms with Crippen LogP contribution in [-0.2, 0) is 11.0 Å². The van der Waals surface area contributed by atoms with Crippen LogP contribution in [0.5, 0.6) is 0 Å². The minimum atomic E-state index is -4.41. The normalized spacial score (nSPS) is 11.3. The molecular weight excluding hydrogens is 325 g/mol. The second-order valence-electron chi connectivity index (χ2n) is 5.04. The number of hydrogen-bond acceptors (Lipinski definition) is 3. The van der Waals surface area contributed by atoms with Crippen molar-refractivity contribution in [2.75, 3.05) is 11.1 Å². The van der Waals surface area contributed by atoms with Gasteiger partial charge in [0, 0.05) is 11.9 Å². The average molecular weight is 340 g/mol. The Bertz CT molecular complexity index is 699. The number of amides is 1. The lowest BCUT2D eigenvalue weighted by atomic mass is 10.1. The number of anilines is 1. The Balaban J connectivity index is 1.93. The molecule has 7 heteroatoms. The number of halogens is 3. The zero-order valence-corrected chi connectivity index (χ0v) is 13.4. The number of carbonyl (C=O) groups is 1. The van der Waals surface area contributed by atoms with Crippen LogP contribution >= 0.6 is 11.8 Å². The highest BCUT2D eigenvalue weighted by molar-refractivity contribution is 7.99. The van der Waals surface area contributed by atoms with Crippen LogP contribution in [0.4, 0.5) is 18.9 Å². The Hall–Kier alpha value is -2.02. The van der Waals surface area contributed by atoms with Gasteiger partial charge in [-0.2, -0.15) is 13.2 Å². The van der Waals surface area contributed by atoms with Crippen molar-refractivity contribution in [1.82, 2.24) is 4.98 Å². The number of hydrogen-bond donors (Lipinski definition) is 1. The average Bonchev–Trinajstić information content (AvgIpc) is 2.48. The van der Waals surface area contributed by atoms with Gasteiger partial charge in [-0.25, -0.2) is 4.98 Å². The van der Waals surface area contributed by atoms with E-state index in [1.54, 1.807) is 0 Å². The molecule has 122 valence electrons. The third kappa shape index (κ3) is 4.99. The molecule has 1 aromatic heterocycles. The highest BCUT2D eigenvalue weighted by Crippen LogP contribution is 2.29. The first-order valence-electron chi connectivity index (χ1n) is 6.79. The molecule has 0 fully saturated rings. The van der Waals surface area contributed by atoms with Crippen molar-refractivity contribution in [3.8, 4) is 0 Å². The van der Waals surface area contributed by atoms with Crippen molar-refractivity contribution in [3.05, 3.63) is 53.2 Å². The predicted octanol–water partition coefficient (Wildman–Crippen LogP) is 4.45. The molecule has 0 bridgehead atoms. The highest BCUT2D eigenvalue weighted by Gasteiger charge is 2.30. The van der Waals surface area contributed by atoms with E-state index >= 15 is 0 Å². The van der Waals surface area contributed by atoms with Crippen molar-refractivity contribution in [3.63, 3.8) is 0 Å². The lowest BCUT2D eigenvalue weighted by Gasteiger charge is -2.09. The number of rotatable bonds is 4. The minimum Gasteiger partial charge on any atom is -0.325 e. The van der Waals surface area contributed by atoms with Crippen molar-refractivity contribution >= 4 is 23.4 Å². The maximum atomic E-state index is 12.4. The Morgan fingerprint density at radius 2 is 1.96 bits per heavy atom. The molecule has 1 aromatic carbocycles. The van der Waals surface area contributed by atoms with Gasteiger partial charge in [0.2, 0.25) is 5.91 Å². The molecule has 0 aliphatic heterocycles. The molecule has 0 saturated heterocycles. The van der Waals surface area contributed by atoms with Crippen molar-refractivity contribution in [2.24, 2.45) is 0 Å². The van der Waals surface area contributed by atoms with E-state index in [0.717, 1.165) is 40.8 Å². The quantitative estimate of drug-likeness (QED) is 0.836. The SMILES string of the molecule is Cc1ccc(C)c(NC(=O)CSc2ccc(C(F)(F)F)cn2)c1. The third-order valence-corrected chi connectivity index (χ3v) is 4.03. The molecule has 1 amide bonds. The van der Waals surface area contributed by atoms with Gasteiger partial charge in [-0.15, -0.1) is 0 Å². The molecule has 0 aliphatic rings. The fraction of sp³-hybridized carbons (Fsp3) is 0.250. The summed E-state index contributed by atoms with van der Waals surface area (Å²) in [6.07, 6.45) is -3.64. The van der Waals surface area contributed by atoms with Gasteiger partial charge in [0.25, 0.3) is 0 Å². The van der Waals surface area contributed by atoms with Crippen LogP contribution in [0.3, 0.4) is 0 Å². The molecule has 23 heavy (non-hydrogen) atoms. The summed E-state index contributed by atoms with van der Waals surface area (Å²) in [4.78, 5) is 15.7. The summed E-state index contributed by atoms with van der Waals surface area (Å²) in [7, 11) is 0.